The number of ether oxygens (including phenoxy) is 2. The van der Waals surface area contributed by atoms with Gasteiger partial charge in [0.25, 0.3) is 0 Å². The van der Waals surface area contributed by atoms with Crippen LogP contribution >= 0.6 is 0 Å². The lowest BCUT2D eigenvalue weighted by atomic mass is 10.1. The van der Waals surface area contributed by atoms with Gasteiger partial charge >= 0.3 is 5.97 Å². The van der Waals surface area contributed by atoms with Gasteiger partial charge in [-0.05, 0) is 43.0 Å². The standard InChI is InChI=1S/C17H24O4/c1-12(2)9-13(3)21-11-14-5-7-16(20-4)15(10-14)6-8-17(18)19/h5-8,10,12-13H,9,11H2,1-4H3,(H,18,19). The highest BCUT2D eigenvalue weighted by molar-refractivity contribution is 5.85. The van der Waals surface area contributed by atoms with Crippen molar-refractivity contribution < 1.29 is 19.4 Å². The van der Waals surface area contributed by atoms with Crippen molar-refractivity contribution in [3.05, 3.63) is 35.4 Å². The molecule has 0 saturated carbocycles. The van der Waals surface area contributed by atoms with Crippen LogP contribution in [0.2, 0.25) is 0 Å². The Balaban J connectivity index is 2.75. The maximum Gasteiger partial charge on any atom is 0.328 e. The highest BCUT2D eigenvalue weighted by Crippen LogP contribution is 2.22. The number of aliphatic carboxylic acids is 1. The molecule has 1 rings (SSSR count). The Morgan fingerprint density at radius 2 is 2.05 bits per heavy atom. The Morgan fingerprint density at radius 3 is 2.62 bits per heavy atom. The Morgan fingerprint density at radius 1 is 1.33 bits per heavy atom. The van der Waals surface area contributed by atoms with E-state index in [-0.39, 0.29) is 6.10 Å². The van der Waals surface area contributed by atoms with Crippen molar-refractivity contribution in [3.63, 3.8) is 0 Å². The molecule has 1 aromatic carbocycles. The smallest absolute Gasteiger partial charge is 0.328 e. The quantitative estimate of drug-likeness (QED) is 0.741. The molecule has 1 aromatic rings. The minimum atomic E-state index is -0.982. The molecule has 0 aromatic heterocycles. The van der Waals surface area contributed by atoms with Crippen molar-refractivity contribution >= 4 is 12.0 Å². The molecule has 1 atom stereocenters. The zero-order chi connectivity index (χ0) is 15.8. The molecule has 4 nitrogen and oxygen atoms in total. The van der Waals surface area contributed by atoms with Gasteiger partial charge in [-0.3, -0.25) is 0 Å². The molecule has 0 aliphatic heterocycles. The lowest BCUT2D eigenvalue weighted by molar-refractivity contribution is -0.131. The molecule has 0 saturated heterocycles. The van der Waals surface area contributed by atoms with E-state index in [4.69, 9.17) is 14.6 Å². The summed E-state index contributed by atoms with van der Waals surface area (Å²) in [5, 5.41) is 8.72. The summed E-state index contributed by atoms with van der Waals surface area (Å²) in [6.45, 7) is 6.91. The predicted molar refractivity (Wildman–Crippen MR) is 83.4 cm³/mol. The highest BCUT2D eigenvalue weighted by atomic mass is 16.5. The highest BCUT2D eigenvalue weighted by Gasteiger charge is 2.07. The van der Waals surface area contributed by atoms with Crippen LogP contribution in [0.4, 0.5) is 0 Å². The average molecular weight is 292 g/mol. The molecule has 0 aliphatic carbocycles. The summed E-state index contributed by atoms with van der Waals surface area (Å²) in [5.41, 5.74) is 1.73. The average Bonchev–Trinajstić information content (AvgIpc) is 2.42. The van der Waals surface area contributed by atoms with Crippen molar-refractivity contribution in [1.82, 2.24) is 0 Å². The van der Waals surface area contributed by atoms with Crippen LogP contribution in [-0.2, 0) is 16.1 Å². The van der Waals surface area contributed by atoms with Gasteiger partial charge in [-0.1, -0.05) is 19.9 Å². The van der Waals surface area contributed by atoms with Gasteiger partial charge in [0.05, 0.1) is 19.8 Å². The number of hydrogen-bond acceptors (Lipinski definition) is 3. The van der Waals surface area contributed by atoms with Gasteiger partial charge in [0.2, 0.25) is 0 Å². The maximum atomic E-state index is 10.6. The van der Waals surface area contributed by atoms with Gasteiger partial charge in [0.1, 0.15) is 5.75 Å². The maximum absolute atomic E-state index is 10.6. The number of hydrogen-bond donors (Lipinski definition) is 1. The van der Waals surface area contributed by atoms with Crippen molar-refractivity contribution in [2.24, 2.45) is 5.92 Å². The van der Waals surface area contributed by atoms with Crippen molar-refractivity contribution in [1.29, 1.82) is 0 Å². The Labute approximate surface area is 126 Å². The summed E-state index contributed by atoms with van der Waals surface area (Å²) in [6.07, 6.45) is 3.85. The van der Waals surface area contributed by atoms with Gasteiger partial charge in [-0.2, -0.15) is 0 Å². The molecule has 0 fully saturated rings. The van der Waals surface area contributed by atoms with E-state index < -0.39 is 5.97 Å². The topological polar surface area (TPSA) is 55.8 Å². The third kappa shape index (κ3) is 6.45. The summed E-state index contributed by atoms with van der Waals surface area (Å²) < 4.78 is 11.0. The van der Waals surface area contributed by atoms with Crippen LogP contribution in [0, 0.1) is 5.92 Å². The largest absolute Gasteiger partial charge is 0.496 e. The first kappa shape index (κ1) is 17.2. The normalized spacial score (nSPS) is 12.8. The van der Waals surface area contributed by atoms with E-state index >= 15 is 0 Å². The van der Waals surface area contributed by atoms with E-state index in [1.54, 1.807) is 7.11 Å². The first-order valence-corrected chi connectivity index (χ1v) is 7.12. The van der Waals surface area contributed by atoms with Gasteiger partial charge in [0.15, 0.2) is 0 Å². The Hall–Kier alpha value is -1.81. The van der Waals surface area contributed by atoms with Crippen LogP contribution in [0.3, 0.4) is 0 Å². The SMILES string of the molecule is COc1ccc(COC(C)CC(C)C)cc1C=CC(=O)O. The monoisotopic (exact) mass is 292 g/mol. The van der Waals surface area contributed by atoms with E-state index in [1.807, 2.05) is 18.2 Å². The zero-order valence-corrected chi connectivity index (χ0v) is 13.1. The first-order chi connectivity index (χ1) is 9.92. The van der Waals surface area contributed by atoms with Crippen LogP contribution in [0.15, 0.2) is 24.3 Å². The molecule has 1 N–H and O–H groups in total. The van der Waals surface area contributed by atoms with Crippen LogP contribution in [0.25, 0.3) is 6.08 Å². The van der Waals surface area contributed by atoms with Crippen molar-refractivity contribution in [3.8, 4) is 5.75 Å². The van der Waals surface area contributed by atoms with Gasteiger partial charge in [0, 0.05) is 11.6 Å². The summed E-state index contributed by atoms with van der Waals surface area (Å²) in [7, 11) is 1.56. The number of carboxylic acid groups (broad SMARTS) is 1. The second-order valence-corrected chi connectivity index (χ2v) is 5.50. The fraction of sp³-hybridized carbons (Fsp3) is 0.471. The summed E-state index contributed by atoms with van der Waals surface area (Å²) >= 11 is 0. The van der Waals surface area contributed by atoms with E-state index in [0.29, 0.717) is 18.3 Å². The fourth-order valence-electron chi connectivity index (χ4n) is 2.14. The Bertz CT molecular complexity index is 492. The molecule has 0 heterocycles. The first-order valence-electron chi connectivity index (χ1n) is 7.12. The molecule has 1 unspecified atom stereocenters. The fourth-order valence-corrected chi connectivity index (χ4v) is 2.14. The second-order valence-electron chi connectivity index (χ2n) is 5.50. The zero-order valence-electron chi connectivity index (χ0n) is 13.1. The second kappa shape index (κ2) is 8.47. The van der Waals surface area contributed by atoms with E-state index in [1.165, 1.54) is 6.08 Å². The minimum absolute atomic E-state index is 0.199. The molecule has 0 spiro atoms. The van der Waals surface area contributed by atoms with E-state index in [9.17, 15) is 4.79 Å². The van der Waals surface area contributed by atoms with Gasteiger partial charge in [-0.25, -0.2) is 4.79 Å². The lowest BCUT2D eigenvalue weighted by Crippen LogP contribution is -2.11. The molecule has 4 heteroatoms. The van der Waals surface area contributed by atoms with Crippen molar-refractivity contribution in [2.45, 2.75) is 39.9 Å². The minimum Gasteiger partial charge on any atom is -0.496 e. The van der Waals surface area contributed by atoms with Crippen LogP contribution in [-0.4, -0.2) is 24.3 Å². The number of carboxylic acids is 1. The van der Waals surface area contributed by atoms with Crippen LogP contribution in [0.1, 0.15) is 38.3 Å². The molecule has 116 valence electrons. The molecular weight excluding hydrogens is 268 g/mol. The molecule has 0 aliphatic rings. The van der Waals surface area contributed by atoms with Crippen LogP contribution < -0.4 is 4.74 Å². The van der Waals surface area contributed by atoms with Crippen LogP contribution in [0.5, 0.6) is 5.75 Å². The number of rotatable bonds is 8. The number of methoxy groups -OCH3 is 1. The summed E-state index contributed by atoms with van der Waals surface area (Å²) in [6, 6.07) is 5.65. The van der Waals surface area contributed by atoms with Crippen molar-refractivity contribution in [2.75, 3.05) is 7.11 Å². The van der Waals surface area contributed by atoms with E-state index in [2.05, 4.69) is 20.8 Å². The van der Waals surface area contributed by atoms with Gasteiger partial charge in [-0.15, -0.1) is 0 Å². The Kier molecular flexibility index (Phi) is 6.96. The predicted octanol–water partition coefficient (Wildman–Crippen LogP) is 3.74. The molecule has 0 radical (unpaired) electrons. The third-order valence-electron chi connectivity index (χ3n) is 3.04. The molecule has 0 amide bonds. The van der Waals surface area contributed by atoms with Gasteiger partial charge < -0.3 is 14.6 Å². The molecule has 0 bridgehead atoms. The summed E-state index contributed by atoms with van der Waals surface area (Å²) in [5.74, 6) is 0.265. The number of benzene rings is 1. The summed E-state index contributed by atoms with van der Waals surface area (Å²) in [4.78, 5) is 10.6. The third-order valence-corrected chi connectivity index (χ3v) is 3.04. The lowest BCUT2D eigenvalue weighted by Gasteiger charge is -2.15. The van der Waals surface area contributed by atoms with E-state index in [0.717, 1.165) is 23.6 Å². The molecule has 21 heavy (non-hydrogen) atoms. The molecular formula is C17H24O4. The number of carbonyl (C=O) groups is 1.